The van der Waals surface area contributed by atoms with Gasteiger partial charge in [0, 0.05) is 32.2 Å². The highest BCUT2D eigenvalue weighted by Crippen LogP contribution is 2.28. The zero-order valence-electron chi connectivity index (χ0n) is 19.1. The molecule has 1 aliphatic heterocycles. The largest absolute Gasteiger partial charge is 0.339 e. The Morgan fingerprint density at radius 3 is 2.74 bits per heavy atom. The van der Waals surface area contributed by atoms with E-state index < -0.39 is 0 Å². The molecule has 0 amide bonds. The van der Waals surface area contributed by atoms with Gasteiger partial charge >= 0.3 is 0 Å². The molecule has 3 aromatic heterocycles. The predicted octanol–water partition coefficient (Wildman–Crippen LogP) is 4.02. The first-order valence-corrected chi connectivity index (χ1v) is 12.5. The minimum Gasteiger partial charge on any atom is -0.339 e. The van der Waals surface area contributed by atoms with Crippen molar-refractivity contribution in [3.63, 3.8) is 0 Å². The number of fused-ring (bicyclic) bond motifs is 2. The monoisotopic (exact) mass is 523 g/mol. The van der Waals surface area contributed by atoms with Crippen molar-refractivity contribution in [2.45, 2.75) is 64.8 Å². The van der Waals surface area contributed by atoms with Crippen LogP contribution in [-0.4, -0.2) is 33.9 Å². The fraction of sp³-hybridized carbons (Fsp3) is 0.417. The number of aromatic nitrogens is 6. The number of unbranched alkanes of at least 4 members (excludes halogenated alkanes) is 2. The van der Waals surface area contributed by atoms with Gasteiger partial charge in [-0.3, -0.25) is 9.36 Å². The molecule has 10 heteroatoms. The summed E-state index contributed by atoms with van der Waals surface area (Å²) in [6, 6.07) is 10.2. The molecule has 0 spiro atoms. The van der Waals surface area contributed by atoms with Gasteiger partial charge in [-0.05, 0) is 34.3 Å². The molecule has 176 valence electrons. The van der Waals surface area contributed by atoms with Gasteiger partial charge in [-0.15, -0.1) is 10.2 Å². The van der Waals surface area contributed by atoms with E-state index in [-0.39, 0.29) is 5.56 Å². The van der Waals surface area contributed by atoms with Gasteiger partial charge in [-0.1, -0.05) is 55.3 Å². The average Bonchev–Trinajstić information content (AvgIpc) is 3.58. The fourth-order valence-electron chi connectivity index (χ4n) is 4.26. The second kappa shape index (κ2) is 10.0. The van der Waals surface area contributed by atoms with Crippen molar-refractivity contribution < 1.29 is 4.52 Å². The molecule has 0 unspecified atom stereocenters. The smallest absolute Gasteiger partial charge is 0.266 e. The highest BCUT2D eigenvalue weighted by molar-refractivity contribution is 9.18. The minimum atomic E-state index is -0.107. The molecule has 0 atom stereocenters. The molecule has 1 aromatic carbocycles. The number of halogens is 1. The molecule has 0 fully saturated rings. The lowest BCUT2D eigenvalue weighted by Crippen LogP contribution is -2.24. The summed E-state index contributed by atoms with van der Waals surface area (Å²) >= 11 is 3.46. The molecule has 4 aromatic rings. The molecule has 0 saturated carbocycles. The maximum Gasteiger partial charge on any atom is 0.266 e. The fourth-order valence-corrected chi connectivity index (χ4v) is 4.71. The summed E-state index contributed by atoms with van der Waals surface area (Å²) in [5, 5.41) is 12.8. The maximum absolute atomic E-state index is 13.3. The Labute approximate surface area is 205 Å². The van der Waals surface area contributed by atoms with Crippen LogP contribution in [0.3, 0.4) is 0 Å². The van der Waals surface area contributed by atoms with E-state index >= 15 is 0 Å². The number of aryl methyl sites for hydroxylation is 5. The highest BCUT2D eigenvalue weighted by atomic mass is 79.9. The van der Waals surface area contributed by atoms with E-state index in [1.165, 1.54) is 5.56 Å². The second-order valence-corrected chi connectivity index (χ2v) is 9.39. The Morgan fingerprint density at radius 1 is 1.06 bits per heavy atom. The van der Waals surface area contributed by atoms with Gasteiger partial charge in [0.25, 0.3) is 5.56 Å². The van der Waals surface area contributed by atoms with Crippen molar-refractivity contribution in [1.29, 1.82) is 0 Å². The maximum atomic E-state index is 13.3. The van der Waals surface area contributed by atoms with Gasteiger partial charge < -0.3 is 4.52 Å². The number of benzene rings is 1. The summed E-state index contributed by atoms with van der Waals surface area (Å²) in [7, 11) is 0. The molecule has 34 heavy (non-hydrogen) atoms. The number of hydrogen-bond acceptors (Lipinski definition) is 7. The SMILES string of the molecule is CCCCCn1c2c(c(=O)n3c(CCc4nc(CCc5ccccc5)no4)nnc13)CC(Br)=N2. The number of rotatable bonds is 10. The first kappa shape index (κ1) is 22.6. The third-order valence-corrected chi connectivity index (χ3v) is 6.49. The first-order chi connectivity index (χ1) is 16.6. The van der Waals surface area contributed by atoms with Crippen LogP contribution >= 0.6 is 15.9 Å². The van der Waals surface area contributed by atoms with Crippen molar-refractivity contribution in [2.75, 3.05) is 0 Å². The Kier molecular flexibility index (Phi) is 6.66. The lowest BCUT2D eigenvalue weighted by molar-refractivity contribution is 0.372. The molecule has 5 rings (SSSR count). The first-order valence-electron chi connectivity index (χ1n) is 11.7. The molecule has 0 bridgehead atoms. The van der Waals surface area contributed by atoms with E-state index in [4.69, 9.17) is 4.52 Å². The van der Waals surface area contributed by atoms with Gasteiger partial charge in [0.1, 0.15) is 11.6 Å². The summed E-state index contributed by atoms with van der Waals surface area (Å²) in [5.74, 6) is 3.05. The molecule has 0 radical (unpaired) electrons. The standard InChI is InChI=1S/C24H26BrN7O2/c1-2-3-7-14-31-22-17(15-18(25)26-22)23(33)32-20(28-29-24(31)32)12-13-21-27-19(30-34-21)11-10-16-8-5-4-6-9-16/h4-6,8-9H,2-3,7,10-15H2,1H3. The van der Waals surface area contributed by atoms with E-state index in [1.54, 1.807) is 4.40 Å². The van der Waals surface area contributed by atoms with Crippen LogP contribution < -0.4 is 5.56 Å². The van der Waals surface area contributed by atoms with Crippen LogP contribution in [0.15, 0.2) is 44.6 Å². The number of aliphatic imine (C=N–C) groups is 1. The zero-order valence-corrected chi connectivity index (χ0v) is 20.7. The van der Waals surface area contributed by atoms with Crippen LogP contribution in [-0.2, 0) is 38.6 Å². The Hall–Kier alpha value is -3.14. The molecular formula is C24H26BrN7O2. The van der Waals surface area contributed by atoms with Gasteiger partial charge in [0.15, 0.2) is 5.82 Å². The van der Waals surface area contributed by atoms with Gasteiger partial charge in [-0.25, -0.2) is 9.39 Å². The summed E-state index contributed by atoms with van der Waals surface area (Å²) in [4.78, 5) is 22.4. The van der Waals surface area contributed by atoms with Crippen LogP contribution in [0.4, 0.5) is 5.82 Å². The molecule has 0 aliphatic carbocycles. The van der Waals surface area contributed by atoms with Gasteiger partial charge in [0.05, 0.1) is 10.2 Å². The van der Waals surface area contributed by atoms with Gasteiger partial charge in [-0.2, -0.15) is 4.98 Å². The Balaban J connectivity index is 1.34. The third-order valence-electron chi connectivity index (χ3n) is 6.03. The van der Waals surface area contributed by atoms with Crippen molar-refractivity contribution in [1.82, 2.24) is 29.3 Å². The molecular weight excluding hydrogens is 498 g/mol. The lowest BCUT2D eigenvalue weighted by Gasteiger charge is -2.12. The van der Waals surface area contributed by atoms with Crippen LogP contribution in [0.5, 0.6) is 0 Å². The Bertz CT molecular complexity index is 1390. The summed E-state index contributed by atoms with van der Waals surface area (Å²) in [6.07, 6.45) is 6.23. The van der Waals surface area contributed by atoms with Crippen LogP contribution in [0.25, 0.3) is 5.78 Å². The van der Waals surface area contributed by atoms with Crippen molar-refractivity contribution in [3.8, 4) is 0 Å². The second-order valence-electron chi connectivity index (χ2n) is 8.47. The molecule has 4 heterocycles. The van der Waals surface area contributed by atoms with E-state index in [0.29, 0.717) is 60.4 Å². The highest BCUT2D eigenvalue weighted by Gasteiger charge is 2.25. The van der Waals surface area contributed by atoms with Crippen molar-refractivity contribution in [3.05, 3.63) is 69.4 Å². The van der Waals surface area contributed by atoms with Crippen LogP contribution in [0.2, 0.25) is 0 Å². The predicted molar refractivity (Wildman–Crippen MR) is 132 cm³/mol. The lowest BCUT2D eigenvalue weighted by atomic mass is 10.1. The molecule has 0 saturated heterocycles. The van der Waals surface area contributed by atoms with E-state index in [1.807, 2.05) is 22.8 Å². The molecule has 1 aliphatic rings. The number of hydrogen-bond donors (Lipinski definition) is 0. The molecule has 0 N–H and O–H groups in total. The summed E-state index contributed by atoms with van der Waals surface area (Å²) in [5.41, 5.74) is 1.81. The number of nitrogens with zero attached hydrogens (tertiary/aromatic N) is 7. The summed E-state index contributed by atoms with van der Waals surface area (Å²) in [6.45, 7) is 2.91. The van der Waals surface area contributed by atoms with Crippen LogP contribution in [0.1, 0.15) is 54.9 Å². The van der Waals surface area contributed by atoms with Crippen molar-refractivity contribution >= 4 is 32.1 Å². The third kappa shape index (κ3) is 4.59. The topological polar surface area (TPSA) is 103 Å². The van der Waals surface area contributed by atoms with E-state index in [2.05, 4.69) is 60.3 Å². The quantitative estimate of drug-likeness (QED) is 0.291. The summed E-state index contributed by atoms with van der Waals surface area (Å²) < 4.78 is 9.85. The molecule has 9 nitrogen and oxygen atoms in total. The van der Waals surface area contributed by atoms with E-state index in [0.717, 1.165) is 36.8 Å². The normalized spacial score (nSPS) is 12.9. The van der Waals surface area contributed by atoms with Gasteiger partial charge in [0.2, 0.25) is 11.7 Å². The van der Waals surface area contributed by atoms with Crippen molar-refractivity contribution in [2.24, 2.45) is 4.99 Å². The van der Waals surface area contributed by atoms with Crippen LogP contribution in [0, 0.1) is 0 Å². The Morgan fingerprint density at radius 2 is 1.91 bits per heavy atom. The minimum absolute atomic E-state index is 0.107. The van der Waals surface area contributed by atoms with E-state index in [9.17, 15) is 4.79 Å². The zero-order chi connectivity index (χ0) is 23.5. The average molecular weight is 524 g/mol.